The minimum atomic E-state index is 0.587. The van der Waals surface area contributed by atoms with Crippen molar-refractivity contribution < 1.29 is 4.42 Å². The third-order valence-corrected chi connectivity index (χ3v) is 2.77. The Bertz CT molecular complexity index is 683. The van der Waals surface area contributed by atoms with Gasteiger partial charge in [0.1, 0.15) is 11.5 Å². The van der Waals surface area contributed by atoms with E-state index in [0.717, 1.165) is 22.9 Å². The highest BCUT2D eigenvalue weighted by Crippen LogP contribution is 2.11. The van der Waals surface area contributed by atoms with Gasteiger partial charge < -0.3 is 9.73 Å². The molecule has 0 fully saturated rings. The van der Waals surface area contributed by atoms with Crippen LogP contribution in [0.2, 0.25) is 0 Å². The van der Waals surface area contributed by atoms with E-state index >= 15 is 0 Å². The van der Waals surface area contributed by atoms with E-state index in [9.17, 15) is 0 Å². The molecule has 0 saturated heterocycles. The SMILES string of the molecule is Cc1ccc(CNc2nc3cccc(C)n3n2)o1. The van der Waals surface area contributed by atoms with Crippen LogP contribution in [0.5, 0.6) is 0 Å². The molecule has 0 saturated carbocycles. The molecule has 92 valence electrons. The Morgan fingerprint density at radius 3 is 2.83 bits per heavy atom. The van der Waals surface area contributed by atoms with Crippen molar-refractivity contribution in [3.63, 3.8) is 0 Å². The van der Waals surface area contributed by atoms with E-state index in [1.54, 1.807) is 0 Å². The fraction of sp³-hybridized carbons (Fsp3) is 0.231. The van der Waals surface area contributed by atoms with Gasteiger partial charge in [0.2, 0.25) is 5.95 Å². The van der Waals surface area contributed by atoms with E-state index < -0.39 is 0 Å². The molecule has 0 aromatic carbocycles. The number of aryl methyl sites for hydroxylation is 2. The molecule has 0 aliphatic rings. The lowest BCUT2D eigenvalue weighted by Gasteiger charge is -1.97. The van der Waals surface area contributed by atoms with E-state index in [-0.39, 0.29) is 0 Å². The van der Waals surface area contributed by atoms with Crippen LogP contribution in [0.25, 0.3) is 5.65 Å². The van der Waals surface area contributed by atoms with Crippen LogP contribution in [-0.4, -0.2) is 14.6 Å². The number of hydrogen-bond donors (Lipinski definition) is 1. The second kappa shape index (κ2) is 4.18. The largest absolute Gasteiger partial charge is 0.465 e. The minimum Gasteiger partial charge on any atom is -0.465 e. The molecule has 0 bridgehead atoms. The molecule has 3 aromatic rings. The van der Waals surface area contributed by atoms with Gasteiger partial charge in [0, 0.05) is 5.69 Å². The standard InChI is InChI=1S/C13H14N4O/c1-9-4-3-5-12-15-13(16-17(9)12)14-8-11-7-6-10(2)18-11/h3-7H,8H2,1-2H3,(H,14,16). The average molecular weight is 242 g/mol. The van der Waals surface area contributed by atoms with Crippen LogP contribution in [0, 0.1) is 13.8 Å². The topological polar surface area (TPSA) is 55.4 Å². The normalized spacial score (nSPS) is 11.0. The van der Waals surface area contributed by atoms with E-state index in [1.807, 2.05) is 48.7 Å². The summed E-state index contributed by atoms with van der Waals surface area (Å²) in [6.07, 6.45) is 0. The van der Waals surface area contributed by atoms with Crippen molar-refractivity contribution >= 4 is 11.6 Å². The summed E-state index contributed by atoms with van der Waals surface area (Å²) >= 11 is 0. The Kier molecular flexibility index (Phi) is 2.51. The Morgan fingerprint density at radius 2 is 2.11 bits per heavy atom. The fourth-order valence-corrected chi connectivity index (χ4v) is 1.86. The number of aromatic nitrogens is 3. The van der Waals surface area contributed by atoms with Crippen LogP contribution in [0.3, 0.4) is 0 Å². The number of hydrogen-bond acceptors (Lipinski definition) is 4. The van der Waals surface area contributed by atoms with E-state index in [4.69, 9.17) is 4.42 Å². The third-order valence-electron chi connectivity index (χ3n) is 2.77. The maximum absolute atomic E-state index is 5.48. The lowest BCUT2D eigenvalue weighted by Crippen LogP contribution is -2.00. The smallest absolute Gasteiger partial charge is 0.243 e. The van der Waals surface area contributed by atoms with Crippen molar-refractivity contribution in [2.75, 3.05) is 5.32 Å². The van der Waals surface area contributed by atoms with Gasteiger partial charge in [-0.25, -0.2) is 4.52 Å². The summed E-state index contributed by atoms with van der Waals surface area (Å²) in [5, 5.41) is 7.54. The number of anilines is 1. The lowest BCUT2D eigenvalue weighted by atomic mass is 10.4. The van der Waals surface area contributed by atoms with Crippen molar-refractivity contribution in [3.8, 4) is 0 Å². The Balaban J connectivity index is 1.81. The molecule has 0 atom stereocenters. The molecule has 0 unspecified atom stereocenters. The van der Waals surface area contributed by atoms with Gasteiger partial charge in [-0.2, -0.15) is 4.98 Å². The number of nitrogens with zero attached hydrogens (tertiary/aromatic N) is 3. The van der Waals surface area contributed by atoms with Crippen LogP contribution in [0.15, 0.2) is 34.7 Å². The van der Waals surface area contributed by atoms with Gasteiger partial charge in [-0.3, -0.25) is 0 Å². The molecule has 0 spiro atoms. The predicted octanol–water partition coefficient (Wildman–Crippen LogP) is 2.55. The first kappa shape index (κ1) is 10.8. The molecule has 5 nitrogen and oxygen atoms in total. The molecule has 0 aliphatic heterocycles. The number of pyridine rings is 1. The summed E-state index contributed by atoms with van der Waals surface area (Å²) in [4.78, 5) is 4.39. The molecule has 3 heterocycles. The van der Waals surface area contributed by atoms with Gasteiger partial charge in [-0.15, -0.1) is 5.10 Å². The Hall–Kier alpha value is -2.30. The van der Waals surface area contributed by atoms with Crippen LogP contribution in [-0.2, 0) is 6.54 Å². The van der Waals surface area contributed by atoms with Crippen LogP contribution in [0.1, 0.15) is 17.2 Å². The zero-order valence-corrected chi connectivity index (χ0v) is 10.3. The zero-order chi connectivity index (χ0) is 12.5. The Labute approximate surface area is 104 Å². The maximum Gasteiger partial charge on any atom is 0.243 e. The first-order valence-electron chi connectivity index (χ1n) is 5.84. The molecule has 18 heavy (non-hydrogen) atoms. The lowest BCUT2D eigenvalue weighted by molar-refractivity contribution is 0.490. The van der Waals surface area contributed by atoms with Crippen LogP contribution in [0.4, 0.5) is 5.95 Å². The molecule has 0 amide bonds. The van der Waals surface area contributed by atoms with E-state index in [0.29, 0.717) is 12.5 Å². The first-order valence-corrected chi connectivity index (χ1v) is 5.84. The van der Waals surface area contributed by atoms with Gasteiger partial charge in [-0.1, -0.05) is 6.07 Å². The second-order valence-corrected chi connectivity index (χ2v) is 4.24. The highest BCUT2D eigenvalue weighted by Gasteiger charge is 2.05. The van der Waals surface area contributed by atoms with Gasteiger partial charge in [0.15, 0.2) is 5.65 Å². The molecule has 3 rings (SSSR count). The predicted molar refractivity (Wildman–Crippen MR) is 68.5 cm³/mol. The summed E-state index contributed by atoms with van der Waals surface area (Å²) in [6, 6.07) is 9.80. The first-order chi connectivity index (χ1) is 8.72. The van der Waals surface area contributed by atoms with Crippen LogP contribution >= 0.6 is 0 Å². The highest BCUT2D eigenvalue weighted by molar-refractivity contribution is 5.44. The van der Waals surface area contributed by atoms with Gasteiger partial charge in [0.25, 0.3) is 0 Å². The van der Waals surface area contributed by atoms with Crippen molar-refractivity contribution in [1.29, 1.82) is 0 Å². The summed E-state index contributed by atoms with van der Waals surface area (Å²) in [5.74, 6) is 2.40. The fourth-order valence-electron chi connectivity index (χ4n) is 1.86. The molecule has 0 radical (unpaired) electrons. The molecule has 3 aromatic heterocycles. The summed E-state index contributed by atoms with van der Waals surface area (Å²) in [7, 11) is 0. The van der Waals surface area contributed by atoms with Gasteiger partial charge in [0.05, 0.1) is 6.54 Å². The van der Waals surface area contributed by atoms with Crippen molar-refractivity contribution in [2.45, 2.75) is 20.4 Å². The quantitative estimate of drug-likeness (QED) is 0.766. The Morgan fingerprint density at radius 1 is 1.22 bits per heavy atom. The van der Waals surface area contributed by atoms with Crippen molar-refractivity contribution in [2.24, 2.45) is 0 Å². The zero-order valence-electron chi connectivity index (χ0n) is 10.3. The van der Waals surface area contributed by atoms with Gasteiger partial charge >= 0.3 is 0 Å². The number of fused-ring (bicyclic) bond motifs is 1. The monoisotopic (exact) mass is 242 g/mol. The second-order valence-electron chi connectivity index (χ2n) is 4.24. The van der Waals surface area contributed by atoms with E-state index in [1.165, 1.54) is 0 Å². The molecular formula is C13H14N4O. The summed E-state index contributed by atoms with van der Waals surface area (Å²) in [6.45, 7) is 4.52. The van der Waals surface area contributed by atoms with Crippen LogP contribution < -0.4 is 5.32 Å². The maximum atomic E-state index is 5.48. The highest BCUT2D eigenvalue weighted by atomic mass is 16.3. The minimum absolute atomic E-state index is 0.587. The van der Waals surface area contributed by atoms with Gasteiger partial charge in [-0.05, 0) is 38.1 Å². The molecule has 5 heteroatoms. The average Bonchev–Trinajstić information content (AvgIpc) is 2.93. The molecular weight excluding hydrogens is 228 g/mol. The number of nitrogens with one attached hydrogen (secondary N) is 1. The van der Waals surface area contributed by atoms with Crippen molar-refractivity contribution in [3.05, 3.63) is 47.5 Å². The number of furan rings is 1. The molecule has 1 N–H and O–H groups in total. The summed E-state index contributed by atoms with van der Waals surface area (Å²) < 4.78 is 7.29. The molecule has 0 aliphatic carbocycles. The third kappa shape index (κ3) is 1.95. The van der Waals surface area contributed by atoms with Crippen molar-refractivity contribution in [1.82, 2.24) is 14.6 Å². The number of rotatable bonds is 3. The van der Waals surface area contributed by atoms with E-state index in [2.05, 4.69) is 15.4 Å². The summed E-state index contributed by atoms with van der Waals surface area (Å²) in [5.41, 5.74) is 1.90.